The van der Waals surface area contributed by atoms with E-state index in [1.54, 1.807) is 0 Å². The van der Waals surface area contributed by atoms with Gasteiger partial charge in [-0.15, -0.1) is 0 Å². The first-order valence-corrected chi connectivity index (χ1v) is 7.08. The average Bonchev–Trinajstić information content (AvgIpc) is 2.33. The number of hydrogen-bond acceptors (Lipinski definition) is 4. The molecule has 9 heteroatoms. The quantitative estimate of drug-likeness (QED) is 0.882. The maximum atomic E-state index is 13.5. The normalized spacial score (nSPS) is 11.3. The van der Waals surface area contributed by atoms with Crippen LogP contribution in [-0.4, -0.2) is 18.4 Å². The fraction of sp³-hybridized carbons (Fsp3) is 0. The first-order valence-electron chi connectivity index (χ1n) is 4.84. The number of sulfonamides is 1. The Bertz CT molecular complexity index is 707. The van der Waals surface area contributed by atoms with Crippen molar-refractivity contribution in [2.24, 2.45) is 0 Å². The molecule has 0 spiro atoms. The minimum atomic E-state index is -3.98. The number of nitrogens with zero attached hydrogens (tertiary/aromatic N) is 2. The van der Waals surface area contributed by atoms with Gasteiger partial charge in [0.1, 0.15) is 10.7 Å². The number of nitrogens with one attached hydrogen (secondary N) is 1. The Hall–Kier alpha value is -1.44. The molecule has 0 atom stereocenters. The Morgan fingerprint density at radius 2 is 1.79 bits per heavy atom. The molecular formula is C10H6Cl2FN3O2S. The molecule has 2 aromatic rings. The fourth-order valence-corrected chi connectivity index (χ4v) is 2.43. The van der Waals surface area contributed by atoms with E-state index in [4.69, 9.17) is 23.2 Å². The predicted octanol–water partition coefficient (Wildman–Crippen LogP) is 2.72. The Balaban J connectivity index is 2.33. The third-order valence-electron chi connectivity index (χ3n) is 2.08. The zero-order chi connectivity index (χ0) is 14.0. The number of benzene rings is 1. The third kappa shape index (κ3) is 3.31. The van der Waals surface area contributed by atoms with E-state index in [-0.39, 0.29) is 20.9 Å². The van der Waals surface area contributed by atoms with Crippen LogP contribution in [0.15, 0.2) is 35.5 Å². The third-order valence-corrected chi connectivity index (χ3v) is 3.83. The highest BCUT2D eigenvalue weighted by Gasteiger charge is 2.17. The highest BCUT2D eigenvalue weighted by Crippen LogP contribution is 2.21. The second-order valence-corrected chi connectivity index (χ2v) is 5.87. The van der Waals surface area contributed by atoms with Crippen molar-refractivity contribution in [3.8, 4) is 0 Å². The average molecular weight is 322 g/mol. The van der Waals surface area contributed by atoms with Crippen LogP contribution in [0, 0.1) is 5.82 Å². The molecule has 0 unspecified atom stereocenters. The van der Waals surface area contributed by atoms with Gasteiger partial charge in [0.15, 0.2) is 0 Å². The van der Waals surface area contributed by atoms with Crippen LogP contribution in [-0.2, 0) is 10.0 Å². The van der Waals surface area contributed by atoms with Gasteiger partial charge in [-0.05, 0) is 29.8 Å². The van der Waals surface area contributed by atoms with Gasteiger partial charge in [-0.1, -0.05) is 11.6 Å². The van der Waals surface area contributed by atoms with E-state index in [0.717, 1.165) is 18.5 Å². The molecular weight excluding hydrogens is 316 g/mol. The van der Waals surface area contributed by atoms with Crippen molar-refractivity contribution >= 4 is 38.9 Å². The molecule has 0 bridgehead atoms. The second-order valence-electron chi connectivity index (χ2n) is 3.42. The minimum Gasteiger partial charge on any atom is -0.277 e. The summed E-state index contributed by atoms with van der Waals surface area (Å²) in [7, 11) is -3.98. The Morgan fingerprint density at radius 3 is 2.37 bits per heavy atom. The van der Waals surface area contributed by atoms with Crippen molar-refractivity contribution in [1.82, 2.24) is 9.97 Å². The van der Waals surface area contributed by atoms with Crippen molar-refractivity contribution < 1.29 is 12.8 Å². The van der Waals surface area contributed by atoms with Crippen LogP contribution in [0.3, 0.4) is 0 Å². The summed E-state index contributed by atoms with van der Waals surface area (Å²) >= 11 is 11.0. The SMILES string of the molecule is O=S(=O)(Nc1ccc(Cl)cc1F)c1cnc(Cl)nc1. The molecule has 19 heavy (non-hydrogen) atoms. The Morgan fingerprint density at radius 1 is 1.16 bits per heavy atom. The first-order chi connectivity index (χ1) is 8.88. The Kier molecular flexibility index (Phi) is 3.88. The van der Waals surface area contributed by atoms with Crippen molar-refractivity contribution in [1.29, 1.82) is 0 Å². The van der Waals surface area contributed by atoms with Crippen molar-refractivity contribution in [3.63, 3.8) is 0 Å². The lowest BCUT2D eigenvalue weighted by atomic mass is 10.3. The molecule has 0 saturated carbocycles. The van der Waals surface area contributed by atoms with E-state index in [1.807, 2.05) is 0 Å². The van der Waals surface area contributed by atoms with Crippen LogP contribution < -0.4 is 4.72 Å². The standard InChI is InChI=1S/C10H6Cl2FN3O2S/c11-6-1-2-9(8(13)3-6)16-19(17,18)7-4-14-10(12)15-5-7/h1-5,16H. The van der Waals surface area contributed by atoms with Crippen LogP contribution in [0.4, 0.5) is 10.1 Å². The van der Waals surface area contributed by atoms with Crippen LogP contribution in [0.25, 0.3) is 0 Å². The summed E-state index contributed by atoms with van der Waals surface area (Å²) in [6, 6.07) is 3.57. The van der Waals surface area contributed by atoms with Gasteiger partial charge in [-0.3, -0.25) is 4.72 Å². The predicted molar refractivity (Wildman–Crippen MR) is 69.3 cm³/mol. The number of hydrogen-bond donors (Lipinski definition) is 1. The van der Waals surface area contributed by atoms with E-state index < -0.39 is 15.8 Å². The summed E-state index contributed by atoms with van der Waals surface area (Å²) in [4.78, 5) is 6.86. The number of rotatable bonds is 3. The molecule has 2 rings (SSSR count). The summed E-state index contributed by atoms with van der Waals surface area (Å²) < 4.78 is 39.4. The molecule has 1 N–H and O–H groups in total. The molecule has 0 aliphatic rings. The molecule has 0 fully saturated rings. The van der Waals surface area contributed by atoms with Crippen LogP contribution in [0.2, 0.25) is 10.3 Å². The molecule has 1 aromatic heterocycles. The maximum absolute atomic E-state index is 13.5. The van der Waals surface area contributed by atoms with Crippen LogP contribution in [0.1, 0.15) is 0 Å². The summed E-state index contributed by atoms with van der Waals surface area (Å²) in [6.45, 7) is 0. The van der Waals surface area contributed by atoms with Crippen molar-refractivity contribution in [2.45, 2.75) is 4.90 Å². The highest BCUT2D eigenvalue weighted by molar-refractivity contribution is 7.92. The molecule has 1 aromatic carbocycles. The summed E-state index contributed by atoms with van der Waals surface area (Å²) in [5, 5.41) is 0.0758. The largest absolute Gasteiger partial charge is 0.277 e. The molecule has 0 radical (unpaired) electrons. The monoisotopic (exact) mass is 321 g/mol. The van der Waals surface area contributed by atoms with E-state index >= 15 is 0 Å². The zero-order valence-corrected chi connectivity index (χ0v) is 11.5. The van der Waals surface area contributed by atoms with Crippen LogP contribution >= 0.6 is 23.2 Å². The lowest BCUT2D eigenvalue weighted by Crippen LogP contribution is -2.14. The topological polar surface area (TPSA) is 72.0 Å². The smallest absolute Gasteiger partial charge is 0.265 e. The summed E-state index contributed by atoms with van der Waals surface area (Å²) in [5.41, 5.74) is -0.223. The summed E-state index contributed by atoms with van der Waals surface area (Å²) in [6.07, 6.45) is 2.04. The van der Waals surface area contributed by atoms with Gasteiger partial charge in [-0.25, -0.2) is 22.8 Å². The van der Waals surface area contributed by atoms with E-state index in [2.05, 4.69) is 14.7 Å². The lowest BCUT2D eigenvalue weighted by Gasteiger charge is -2.08. The van der Waals surface area contributed by atoms with Gasteiger partial charge in [0.2, 0.25) is 5.28 Å². The summed E-state index contributed by atoms with van der Waals surface area (Å²) in [5.74, 6) is -0.786. The first kappa shape index (κ1) is 14.0. The lowest BCUT2D eigenvalue weighted by molar-refractivity contribution is 0.597. The van der Waals surface area contributed by atoms with Crippen LogP contribution in [0.5, 0.6) is 0 Å². The van der Waals surface area contributed by atoms with E-state index in [9.17, 15) is 12.8 Å². The maximum Gasteiger partial charge on any atom is 0.265 e. The van der Waals surface area contributed by atoms with E-state index in [0.29, 0.717) is 0 Å². The van der Waals surface area contributed by atoms with E-state index in [1.165, 1.54) is 12.1 Å². The van der Waals surface area contributed by atoms with Gasteiger partial charge in [0.25, 0.3) is 10.0 Å². The number of anilines is 1. The van der Waals surface area contributed by atoms with Gasteiger partial charge in [-0.2, -0.15) is 0 Å². The molecule has 100 valence electrons. The second kappa shape index (κ2) is 5.28. The minimum absolute atomic E-state index is 0.0865. The van der Waals surface area contributed by atoms with Gasteiger partial charge < -0.3 is 0 Å². The number of aromatic nitrogens is 2. The highest BCUT2D eigenvalue weighted by atomic mass is 35.5. The molecule has 0 saturated heterocycles. The van der Waals surface area contributed by atoms with Crippen molar-refractivity contribution in [2.75, 3.05) is 4.72 Å². The van der Waals surface area contributed by atoms with Gasteiger partial charge >= 0.3 is 0 Å². The fourth-order valence-electron chi connectivity index (χ4n) is 1.22. The molecule has 0 aliphatic carbocycles. The molecule has 0 amide bonds. The molecule has 5 nitrogen and oxygen atoms in total. The van der Waals surface area contributed by atoms with Gasteiger partial charge in [0.05, 0.1) is 18.1 Å². The Labute approximate surface area is 118 Å². The number of halogens is 3. The zero-order valence-electron chi connectivity index (χ0n) is 9.14. The molecule has 0 aliphatic heterocycles. The van der Waals surface area contributed by atoms with Crippen molar-refractivity contribution in [3.05, 3.63) is 46.7 Å². The molecule has 1 heterocycles. The van der Waals surface area contributed by atoms with Gasteiger partial charge in [0, 0.05) is 5.02 Å².